The van der Waals surface area contributed by atoms with E-state index < -0.39 is 118 Å². The summed E-state index contributed by atoms with van der Waals surface area (Å²) in [6, 6.07) is 9.32. The van der Waals surface area contributed by atoms with Gasteiger partial charge in [-0.05, 0) is 76.3 Å². The monoisotopic (exact) mass is 899 g/mol. The molecule has 3 N–H and O–H groups in total. The fourth-order valence-electron chi connectivity index (χ4n) is 9.94. The number of hydrogen-bond acceptors (Lipinski definition) is 17. The zero-order valence-corrected chi connectivity index (χ0v) is 37.9. The van der Waals surface area contributed by atoms with Crippen LogP contribution in [-0.2, 0) is 52.3 Å². The topological polar surface area (TPSA) is 233 Å². The molecule has 2 bridgehead atoms. The maximum Gasteiger partial charge on any atom is 0.408 e. The molecule has 6 rings (SSSR count). The molecule has 11 atom stereocenters. The second-order valence-corrected chi connectivity index (χ2v) is 19.1. The number of ketones is 1. The van der Waals surface area contributed by atoms with Crippen LogP contribution in [-0.4, -0.2) is 118 Å². The Labute approximate surface area is 369 Å². The third kappa shape index (κ3) is 8.64. The van der Waals surface area contributed by atoms with E-state index in [0.29, 0.717) is 0 Å². The molecule has 2 aromatic rings. The van der Waals surface area contributed by atoms with Crippen molar-refractivity contribution in [3.8, 4) is 0 Å². The second kappa shape index (κ2) is 17.7. The largest absolute Gasteiger partial charge is 0.467 e. The summed E-state index contributed by atoms with van der Waals surface area (Å²) in [6.07, 6.45) is -7.51. The summed E-state index contributed by atoms with van der Waals surface area (Å²) < 4.78 is 48.0. The molecular weight excluding hydrogens is 843 g/mol. The van der Waals surface area contributed by atoms with Crippen molar-refractivity contribution in [1.82, 2.24) is 5.32 Å². The standard InChI is InChI=1S/C45H57NO16S/c1-23-28(59-39(52)33(49)32(27-17-14-18-55-27)46-40(53)62-41(4,5)6)20-45(54)37(60-38(51)26-15-12-11-13-16-26)35-43(9,36(50)34(58-24(2)47)31(23)42(45,7)8)29(57-22-63-10)19-30-44(35,21-56-30)61-25(3)48/h11-18,28-30,32-35,37,49,54H,19-22H2,1-10H3,(H,46,53)/t28-,29-,30+,32+,33+,34+,35-,37-,43+,44-,45+/m0/s1. The zero-order chi connectivity index (χ0) is 46.4. The van der Waals surface area contributed by atoms with Crippen molar-refractivity contribution in [1.29, 1.82) is 0 Å². The van der Waals surface area contributed by atoms with E-state index in [9.17, 15) is 34.2 Å². The predicted molar refractivity (Wildman–Crippen MR) is 223 cm³/mol. The van der Waals surface area contributed by atoms with Crippen molar-refractivity contribution in [3.63, 3.8) is 0 Å². The highest BCUT2D eigenvalue weighted by atomic mass is 32.2. The number of alkyl carbamates (subject to hydrolysis) is 1. The van der Waals surface area contributed by atoms with Gasteiger partial charge in [0.2, 0.25) is 0 Å². The van der Waals surface area contributed by atoms with Crippen LogP contribution >= 0.6 is 11.8 Å². The highest BCUT2D eigenvalue weighted by Crippen LogP contribution is 2.65. The minimum absolute atomic E-state index is 0.0229. The van der Waals surface area contributed by atoms with Crippen LogP contribution in [0.2, 0.25) is 0 Å². The van der Waals surface area contributed by atoms with E-state index in [-0.39, 0.29) is 41.4 Å². The first-order chi connectivity index (χ1) is 29.4. The van der Waals surface area contributed by atoms with Gasteiger partial charge in [0.25, 0.3) is 0 Å². The number of aliphatic hydroxyl groups is 2. The van der Waals surface area contributed by atoms with Gasteiger partial charge >= 0.3 is 30.0 Å². The van der Waals surface area contributed by atoms with Gasteiger partial charge in [0, 0.05) is 32.1 Å². The Hall–Kier alpha value is -4.75. The molecule has 1 saturated heterocycles. The van der Waals surface area contributed by atoms with Gasteiger partial charge < -0.3 is 53.1 Å². The van der Waals surface area contributed by atoms with E-state index in [1.807, 2.05) is 0 Å². The molecule has 1 aromatic carbocycles. The minimum Gasteiger partial charge on any atom is -0.467 e. The van der Waals surface area contributed by atoms with Crippen LogP contribution in [0.25, 0.3) is 0 Å². The van der Waals surface area contributed by atoms with Crippen LogP contribution in [0.3, 0.4) is 0 Å². The molecule has 0 spiro atoms. The number of fused-ring (bicyclic) bond motifs is 5. The van der Waals surface area contributed by atoms with Gasteiger partial charge in [-0.3, -0.25) is 14.4 Å². The fraction of sp³-hybridized carbons (Fsp3) is 0.600. The number of aliphatic hydroxyl groups excluding tert-OH is 1. The molecule has 2 heterocycles. The van der Waals surface area contributed by atoms with E-state index in [4.69, 9.17) is 37.6 Å². The van der Waals surface area contributed by atoms with E-state index in [2.05, 4.69) is 5.32 Å². The SMILES string of the molecule is CSCO[C@H]1C[C@H]2OC[C@@]2(OC(C)=O)[C@H]2[C@H](OC(=O)c3ccccc3)[C@]3(O)C[C@H](OC(=O)[C@H](O)[C@H](NC(=O)OC(C)(C)C)c4ccco4)C(C)=C([C@@H](OC(C)=O)C(=O)[C@]12C)C3(C)C. The summed E-state index contributed by atoms with van der Waals surface area (Å²) in [5, 5.41) is 27.9. The van der Waals surface area contributed by atoms with Crippen LogP contribution in [0.4, 0.5) is 4.79 Å². The Bertz CT molecular complexity index is 2110. The van der Waals surface area contributed by atoms with E-state index in [1.54, 1.807) is 72.9 Å². The van der Waals surface area contributed by atoms with Crippen molar-refractivity contribution in [3.05, 3.63) is 71.2 Å². The summed E-state index contributed by atoms with van der Waals surface area (Å²) in [6.45, 7) is 13.2. The smallest absolute Gasteiger partial charge is 0.408 e. The molecule has 2 saturated carbocycles. The van der Waals surface area contributed by atoms with Crippen molar-refractivity contribution >= 4 is 47.5 Å². The second-order valence-electron chi connectivity index (χ2n) is 18.3. The Morgan fingerprint density at radius 1 is 0.984 bits per heavy atom. The van der Waals surface area contributed by atoms with E-state index in [0.717, 1.165) is 6.92 Å². The van der Waals surface area contributed by atoms with Crippen molar-refractivity contribution in [2.75, 3.05) is 18.8 Å². The summed E-state index contributed by atoms with van der Waals surface area (Å²) in [4.78, 5) is 83.7. The van der Waals surface area contributed by atoms with Gasteiger partial charge in [0.1, 0.15) is 41.3 Å². The molecule has 4 aliphatic rings. The van der Waals surface area contributed by atoms with Crippen LogP contribution < -0.4 is 5.32 Å². The van der Waals surface area contributed by atoms with Crippen LogP contribution in [0.5, 0.6) is 0 Å². The van der Waals surface area contributed by atoms with Gasteiger partial charge in [-0.15, -0.1) is 11.8 Å². The maximum absolute atomic E-state index is 15.9. The molecule has 3 fully saturated rings. The number of rotatable bonds is 12. The number of furan rings is 1. The van der Waals surface area contributed by atoms with E-state index >= 15 is 4.79 Å². The number of esters is 4. The summed E-state index contributed by atoms with van der Waals surface area (Å²) >= 11 is 1.33. The summed E-state index contributed by atoms with van der Waals surface area (Å²) in [7, 11) is 0. The van der Waals surface area contributed by atoms with E-state index in [1.165, 1.54) is 49.2 Å². The lowest BCUT2D eigenvalue weighted by Crippen LogP contribution is -2.82. The van der Waals surface area contributed by atoms with Gasteiger partial charge in [-0.1, -0.05) is 32.0 Å². The lowest BCUT2D eigenvalue weighted by molar-refractivity contribution is -0.347. The molecule has 1 amide bonds. The maximum atomic E-state index is 15.9. The number of benzene rings is 1. The van der Waals surface area contributed by atoms with Crippen LogP contribution in [0.15, 0.2) is 64.3 Å². The fourth-order valence-corrected chi connectivity index (χ4v) is 10.2. The first-order valence-electron chi connectivity index (χ1n) is 20.7. The average molecular weight is 900 g/mol. The number of hydrogen-bond donors (Lipinski definition) is 3. The number of amides is 1. The molecule has 3 aliphatic carbocycles. The molecule has 18 heteroatoms. The lowest BCUT2D eigenvalue weighted by Gasteiger charge is -2.67. The lowest BCUT2D eigenvalue weighted by atomic mass is 9.44. The highest BCUT2D eigenvalue weighted by Gasteiger charge is 2.78. The predicted octanol–water partition coefficient (Wildman–Crippen LogP) is 4.77. The van der Waals surface area contributed by atoms with Crippen LogP contribution in [0.1, 0.15) is 97.3 Å². The number of Topliss-reactive ketones (excluding diaryl/α,β-unsaturated/α-hetero) is 1. The number of ether oxygens (including phenoxy) is 7. The first kappa shape index (κ1) is 47.7. The minimum atomic E-state index is -2.36. The molecule has 1 aliphatic heterocycles. The quantitative estimate of drug-likeness (QED) is 0.113. The molecule has 344 valence electrons. The Morgan fingerprint density at radius 2 is 1.67 bits per heavy atom. The first-order valence-corrected chi connectivity index (χ1v) is 22.1. The zero-order valence-electron chi connectivity index (χ0n) is 37.1. The number of thioether (sulfide) groups is 1. The molecule has 1 aromatic heterocycles. The number of nitrogens with one attached hydrogen (secondary N) is 1. The number of carbonyl (C=O) groups excluding carboxylic acids is 6. The van der Waals surface area contributed by atoms with Crippen molar-refractivity contribution < 1.29 is 76.6 Å². The highest BCUT2D eigenvalue weighted by molar-refractivity contribution is 7.98. The van der Waals surface area contributed by atoms with Gasteiger partial charge in [0.15, 0.2) is 23.6 Å². The Morgan fingerprint density at radius 3 is 2.22 bits per heavy atom. The van der Waals surface area contributed by atoms with Gasteiger partial charge in [-0.2, -0.15) is 0 Å². The third-order valence-electron chi connectivity index (χ3n) is 12.9. The van der Waals surface area contributed by atoms with Crippen molar-refractivity contribution in [2.24, 2.45) is 16.7 Å². The number of carbonyl (C=O) groups is 6. The summed E-state index contributed by atoms with van der Waals surface area (Å²) in [5.74, 6) is -5.88. The average Bonchev–Trinajstić information content (AvgIpc) is 3.73. The van der Waals surface area contributed by atoms with Crippen molar-refractivity contribution in [2.45, 2.75) is 135 Å². The Kier molecular flexibility index (Phi) is 13.4. The normalized spacial score (nSPS) is 31.9. The van der Waals surface area contributed by atoms with Gasteiger partial charge in [0.05, 0.1) is 41.8 Å². The molecule has 17 nitrogen and oxygen atoms in total. The van der Waals surface area contributed by atoms with Crippen LogP contribution in [0, 0.1) is 16.7 Å². The molecule has 0 unspecified atom stereocenters. The molecule has 63 heavy (non-hydrogen) atoms. The molecular formula is C45H57NO16S. The Balaban J connectivity index is 1.56. The summed E-state index contributed by atoms with van der Waals surface area (Å²) in [5.41, 5.74) is -8.19. The van der Waals surface area contributed by atoms with Gasteiger partial charge in [-0.25, -0.2) is 14.4 Å². The molecule has 0 radical (unpaired) electrons. The third-order valence-corrected chi connectivity index (χ3v) is 13.2.